The highest BCUT2D eigenvalue weighted by Crippen LogP contribution is 2.25. The summed E-state index contributed by atoms with van der Waals surface area (Å²) in [6, 6.07) is 8.03. The Balaban J connectivity index is 1.69. The molecule has 1 aromatic heterocycles. The van der Waals surface area contributed by atoms with Gasteiger partial charge in [0, 0.05) is 26.2 Å². The topological polar surface area (TPSA) is 58.3 Å². The van der Waals surface area contributed by atoms with Crippen molar-refractivity contribution in [2.45, 2.75) is 0 Å². The van der Waals surface area contributed by atoms with Crippen molar-refractivity contribution in [1.29, 1.82) is 0 Å². The number of anilines is 3. The molecule has 0 aliphatic carbocycles. The molecule has 0 atom stereocenters. The van der Waals surface area contributed by atoms with Gasteiger partial charge in [0.05, 0.1) is 11.4 Å². The SMILES string of the molecule is Nc1ccccc1N1CCN(c2nncs2)CC1. The van der Waals surface area contributed by atoms with Crippen molar-refractivity contribution in [3.8, 4) is 0 Å². The molecular formula is C12H15N5S. The summed E-state index contributed by atoms with van der Waals surface area (Å²) in [5, 5.41) is 9.00. The minimum absolute atomic E-state index is 0.849. The molecule has 0 spiro atoms. The summed E-state index contributed by atoms with van der Waals surface area (Å²) in [4.78, 5) is 4.60. The van der Waals surface area contributed by atoms with Gasteiger partial charge in [0.15, 0.2) is 0 Å². The molecule has 0 amide bonds. The van der Waals surface area contributed by atoms with Crippen molar-refractivity contribution < 1.29 is 0 Å². The molecule has 1 fully saturated rings. The Morgan fingerprint density at radius 2 is 1.78 bits per heavy atom. The molecule has 94 valence electrons. The van der Waals surface area contributed by atoms with E-state index >= 15 is 0 Å². The number of benzene rings is 1. The molecule has 6 heteroatoms. The fourth-order valence-electron chi connectivity index (χ4n) is 2.22. The van der Waals surface area contributed by atoms with Crippen LogP contribution in [-0.2, 0) is 0 Å². The maximum Gasteiger partial charge on any atom is 0.208 e. The molecule has 2 N–H and O–H groups in total. The first-order chi connectivity index (χ1) is 8.84. The zero-order valence-electron chi connectivity index (χ0n) is 9.99. The average molecular weight is 261 g/mol. The summed E-state index contributed by atoms with van der Waals surface area (Å²) >= 11 is 1.59. The Labute approximate surface area is 110 Å². The van der Waals surface area contributed by atoms with Gasteiger partial charge in [-0.05, 0) is 12.1 Å². The third-order valence-corrected chi connectivity index (χ3v) is 3.93. The van der Waals surface area contributed by atoms with Crippen LogP contribution in [0.4, 0.5) is 16.5 Å². The molecule has 5 nitrogen and oxygen atoms in total. The molecule has 1 saturated heterocycles. The Morgan fingerprint density at radius 1 is 1.06 bits per heavy atom. The highest BCUT2D eigenvalue weighted by atomic mass is 32.1. The van der Waals surface area contributed by atoms with Crippen molar-refractivity contribution in [2.75, 3.05) is 41.7 Å². The molecule has 18 heavy (non-hydrogen) atoms. The lowest BCUT2D eigenvalue weighted by Crippen LogP contribution is -2.46. The number of hydrogen-bond donors (Lipinski definition) is 1. The van der Waals surface area contributed by atoms with Crippen LogP contribution in [0.3, 0.4) is 0 Å². The van der Waals surface area contributed by atoms with E-state index in [0.717, 1.165) is 42.7 Å². The van der Waals surface area contributed by atoms with Gasteiger partial charge < -0.3 is 15.5 Å². The third kappa shape index (κ3) is 2.11. The lowest BCUT2D eigenvalue weighted by molar-refractivity contribution is 0.650. The number of rotatable bonds is 2. The van der Waals surface area contributed by atoms with E-state index in [-0.39, 0.29) is 0 Å². The van der Waals surface area contributed by atoms with Gasteiger partial charge in [0.25, 0.3) is 0 Å². The summed E-state index contributed by atoms with van der Waals surface area (Å²) in [5.41, 5.74) is 9.76. The molecule has 0 radical (unpaired) electrons. The molecular weight excluding hydrogens is 246 g/mol. The molecule has 1 aliphatic rings. The van der Waals surface area contributed by atoms with Gasteiger partial charge in [0.1, 0.15) is 5.51 Å². The summed E-state index contributed by atoms with van der Waals surface area (Å²) in [7, 11) is 0. The summed E-state index contributed by atoms with van der Waals surface area (Å²) < 4.78 is 0. The van der Waals surface area contributed by atoms with Crippen LogP contribution in [0, 0.1) is 0 Å². The largest absolute Gasteiger partial charge is 0.397 e. The Morgan fingerprint density at radius 3 is 2.44 bits per heavy atom. The van der Waals surface area contributed by atoms with Gasteiger partial charge in [-0.3, -0.25) is 0 Å². The Hall–Kier alpha value is -1.82. The Kier molecular flexibility index (Phi) is 3.02. The molecule has 0 saturated carbocycles. The average Bonchev–Trinajstić information content (AvgIpc) is 2.94. The highest BCUT2D eigenvalue weighted by molar-refractivity contribution is 7.13. The van der Waals surface area contributed by atoms with Gasteiger partial charge in [-0.25, -0.2) is 0 Å². The van der Waals surface area contributed by atoms with Gasteiger partial charge in [-0.15, -0.1) is 10.2 Å². The van der Waals surface area contributed by atoms with Gasteiger partial charge >= 0.3 is 0 Å². The van der Waals surface area contributed by atoms with Crippen LogP contribution in [0.15, 0.2) is 29.8 Å². The first-order valence-electron chi connectivity index (χ1n) is 5.95. The standard InChI is InChI=1S/C12H15N5S/c13-10-3-1-2-4-11(10)16-5-7-17(8-6-16)12-15-14-9-18-12/h1-4,9H,5-8,13H2. The summed E-state index contributed by atoms with van der Waals surface area (Å²) in [5.74, 6) is 0. The van der Waals surface area contributed by atoms with Crippen LogP contribution < -0.4 is 15.5 Å². The minimum atomic E-state index is 0.849. The van der Waals surface area contributed by atoms with Crippen LogP contribution >= 0.6 is 11.3 Å². The zero-order valence-corrected chi connectivity index (χ0v) is 10.8. The number of piperazine rings is 1. The zero-order chi connectivity index (χ0) is 12.4. The predicted octanol–water partition coefficient (Wildman–Crippen LogP) is 1.45. The van der Waals surface area contributed by atoms with Gasteiger partial charge in [-0.1, -0.05) is 23.5 Å². The number of nitrogen functional groups attached to an aromatic ring is 1. The van der Waals surface area contributed by atoms with E-state index in [4.69, 9.17) is 5.73 Å². The molecule has 3 rings (SSSR count). The minimum Gasteiger partial charge on any atom is -0.397 e. The van der Waals surface area contributed by atoms with Crippen molar-refractivity contribution in [3.63, 3.8) is 0 Å². The molecule has 2 heterocycles. The smallest absolute Gasteiger partial charge is 0.208 e. The molecule has 2 aromatic rings. The lowest BCUT2D eigenvalue weighted by Gasteiger charge is -2.36. The monoisotopic (exact) mass is 261 g/mol. The number of nitrogens with zero attached hydrogens (tertiary/aromatic N) is 4. The normalized spacial score (nSPS) is 16.0. The van der Waals surface area contributed by atoms with E-state index < -0.39 is 0 Å². The van der Waals surface area contributed by atoms with Crippen molar-refractivity contribution in [1.82, 2.24) is 10.2 Å². The van der Waals surface area contributed by atoms with E-state index in [2.05, 4.69) is 26.1 Å². The first kappa shape index (κ1) is 11.3. The first-order valence-corrected chi connectivity index (χ1v) is 6.83. The van der Waals surface area contributed by atoms with E-state index in [0.29, 0.717) is 0 Å². The number of nitrogens with two attached hydrogens (primary N) is 1. The van der Waals surface area contributed by atoms with Crippen LogP contribution in [0.5, 0.6) is 0 Å². The van der Waals surface area contributed by atoms with E-state index in [1.54, 1.807) is 16.8 Å². The fourth-order valence-corrected chi connectivity index (χ4v) is 2.83. The second kappa shape index (κ2) is 4.81. The summed E-state index contributed by atoms with van der Waals surface area (Å²) in [6.45, 7) is 3.86. The maximum absolute atomic E-state index is 6.01. The van der Waals surface area contributed by atoms with Crippen molar-refractivity contribution in [3.05, 3.63) is 29.8 Å². The van der Waals surface area contributed by atoms with Crippen LogP contribution in [0.2, 0.25) is 0 Å². The van der Waals surface area contributed by atoms with Crippen LogP contribution in [0.25, 0.3) is 0 Å². The number of para-hydroxylation sites is 2. The predicted molar refractivity (Wildman–Crippen MR) is 75.2 cm³/mol. The maximum atomic E-state index is 6.01. The summed E-state index contributed by atoms with van der Waals surface area (Å²) in [6.07, 6.45) is 0. The van der Waals surface area contributed by atoms with Crippen molar-refractivity contribution >= 4 is 27.8 Å². The molecule has 1 aliphatic heterocycles. The van der Waals surface area contributed by atoms with Gasteiger partial charge in [0.2, 0.25) is 5.13 Å². The molecule has 0 unspecified atom stereocenters. The molecule has 1 aromatic carbocycles. The Bertz CT molecular complexity index is 505. The quantitative estimate of drug-likeness (QED) is 0.829. The van der Waals surface area contributed by atoms with Gasteiger partial charge in [-0.2, -0.15) is 0 Å². The third-order valence-electron chi connectivity index (χ3n) is 3.18. The fraction of sp³-hybridized carbons (Fsp3) is 0.333. The highest BCUT2D eigenvalue weighted by Gasteiger charge is 2.20. The van der Waals surface area contributed by atoms with Crippen LogP contribution in [0.1, 0.15) is 0 Å². The second-order valence-electron chi connectivity index (χ2n) is 4.25. The number of aromatic nitrogens is 2. The number of hydrogen-bond acceptors (Lipinski definition) is 6. The van der Waals surface area contributed by atoms with E-state index in [1.165, 1.54) is 0 Å². The molecule has 0 bridgehead atoms. The lowest BCUT2D eigenvalue weighted by atomic mass is 10.2. The van der Waals surface area contributed by atoms with Crippen molar-refractivity contribution in [2.24, 2.45) is 0 Å². The van der Waals surface area contributed by atoms with E-state index in [1.807, 2.05) is 18.2 Å². The van der Waals surface area contributed by atoms with E-state index in [9.17, 15) is 0 Å². The van der Waals surface area contributed by atoms with Crippen LogP contribution in [-0.4, -0.2) is 36.4 Å². The second-order valence-corrected chi connectivity index (χ2v) is 5.07.